The van der Waals surface area contributed by atoms with Crippen LogP contribution in [0.25, 0.3) is 0 Å². The van der Waals surface area contributed by atoms with E-state index in [0.717, 1.165) is 32.2 Å². The maximum absolute atomic E-state index is 11.6. The molecule has 1 aliphatic carbocycles. The molecule has 2 aliphatic rings. The minimum absolute atomic E-state index is 0.301. The first-order valence-corrected chi connectivity index (χ1v) is 5.58. The van der Waals surface area contributed by atoms with Crippen LogP contribution in [0, 0.1) is 0 Å². The summed E-state index contributed by atoms with van der Waals surface area (Å²) < 4.78 is 0. The molecule has 1 saturated heterocycles. The first kappa shape index (κ1) is 9.69. The van der Waals surface area contributed by atoms with E-state index in [2.05, 4.69) is 0 Å². The Bertz CT molecular complexity index is 240. The summed E-state index contributed by atoms with van der Waals surface area (Å²) in [5.41, 5.74) is 0. The second kappa shape index (κ2) is 4.11. The molecule has 1 aliphatic heterocycles. The number of Topliss-reactive ketones (excluding diaryl/α,β-unsaturated/α-hetero) is 1. The van der Waals surface area contributed by atoms with Crippen LogP contribution < -0.4 is 0 Å². The molecule has 0 aromatic heterocycles. The summed E-state index contributed by atoms with van der Waals surface area (Å²) in [4.78, 5) is 24.7. The zero-order chi connectivity index (χ0) is 9.97. The molecule has 0 spiro atoms. The quantitative estimate of drug-likeness (QED) is 0.636. The van der Waals surface area contributed by atoms with E-state index in [4.69, 9.17) is 0 Å². The van der Waals surface area contributed by atoms with Crippen molar-refractivity contribution >= 4 is 11.7 Å². The zero-order valence-corrected chi connectivity index (χ0v) is 8.50. The Morgan fingerprint density at radius 3 is 2.36 bits per heavy atom. The summed E-state index contributed by atoms with van der Waals surface area (Å²) in [5.74, 6) is 0.668. The first-order chi connectivity index (χ1) is 6.77. The Balaban J connectivity index is 1.93. The van der Waals surface area contributed by atoms with Crippen molar-refractivity contribution in [2.24, 2.45) is 0 Å². The van der Waals surface area contributed by atoms with Crippen LogP contribution in [0.5, 0.6) is 0 Å². The Kier molecular flexibility index (Phi) is 2.85. The summed E-state index contributed by atoms with van der Waals surface area (Å²) >= 11 is 0. The largest absolute Gasteiger partial charge is 0.340 e. The molecule has 0 N–H and O–H groups in total. The predicted octanol–water partition coefficient (Wildman–Crippen LogP) is 1.51. The van der Waals surface area contributed by atoms with Crippen LogP contribution >= 0.6 is 0 Å². The van der Waals surface area contributed by atoms with E-state index in [1.54, 1.807) is 0 Å². The highest BCUT2D eigenvalue weighted by Crippen LogP contribution is 2.24. The van der Waals surface area contributed by atoms with Crippen LogP contribution in [-0.2, 0) is 9.59 Å². The normalized spacial score (nSPS) is 25.6. The van der Waals surface area contributed by atoms with Gasteiger partial charge in [-0.15, -0.1) is 0 Å². The van der Waals surface area contributed by atoms with Crippen molar-refractivity contribution in [1.82, 2.24) is 4.90 Å². The first-order valence-electron chi connectivity index (χ1n) is 5.58. The number of likely N-dealkylation sites (tertiary alicyclic amines) is 1. The second-order valence-corrected chi connectivity index (χ2v) is 4.31. The monoisotopic (exact) mass is 195 g/mol. The van der Waals surface area contributed by atoms with Gasteiger partial charge in [0.1, 0.15) is 5.78 Å². The van der Waals surface area contributed by atoms with E-state index in [1.165, 1.54) is 0 Å². The van der Waals surface area contributed by atoms with E-state index in [9.17, 15) is 9.59 Å². The van der Waals surface area contributed by atoms with Crippen molar-refractivity contribution in [1.29, 1.82) is 0 Å². The third-order valence-electron chi connectivity index (χ3n) is 3.31. The molecule has 3 nitrogen and oxygen atoms in total. The molecule has 78 valence electrons. The molecule has 0 aromatic rings. The van der Waals surface area contributed by atoms with Gasteiger partial charge in [0, 0.05) is 31.8 Å². The predicted molar refractivity (Wildman–Crippen MR) is 52.8 cm³/mol. The zero-order valence-electron chi connectivity index (χ0n) is 8.50. The number of hydrogen-bond donors (Lipinski definition) is 0. The van der Waals surface area contributed by atoms with Crippen LogP contribution in [0.1, 0.15) is 44.9 Å². The van der Waals surface area contributed by atoms with E-state index in [0.29, 0.717) is 37.0 Å². The molecule has 2 fully saturated rings. The molecule has 0 aromatic carbocycles. The standard InChI is InChI=1S/C11H17NO2/c13-10-6-4-9(5-7-10)12-8-2-1-3-11(12)14/h9H,1-8H2. The summed E-state index contributed by atoms with van der Waals surface area (Å²) in [6, 6.07) is 0.362. The maximum atomic E-state index is 11.6. The number of carbonyl (C=O) groups excluding carboxylic acids is 2. The van der Waals surface area contributed by atoms with Gasteiger partial charge in [0.25, 0.3) is 0 Å². The molecule has 3 heteroatoms. The van der Waals surface area contributed by atoms with E-state index < -0.39 is 0 Å². The number of nitrogens with zero attached hydrogens (tertiary/aromatic N) is 1. The molecular formula is C11H17NO2. The third-order valence-corrected chi connectivity index (χ3v) is 3.31. The van der Waals surface area contributed by atoms with Gasteiger partial charge < -0.3 is 4.90 Å². The lowest BCUT2D eigenvalue weighted by Crippen LogP contribution is -2.44. The van der Waals surface area contributed by atoms with Crippen LogP contribution in [0.3, 0.4) is 0 Å². The lowest BCUT2D eigenvalue weighted by atomic mass is 9.92. The van der Waals surface area contributed by atoms with Crippen molar-refractivity contribution in [2.75, 3.05) is 6.54 Å². The Morgan fingerprint density at radius 2 is 1.71 bits per heavy atom. The minimum Gasteiger partial charge on any atom is -0.340 e. The van der Waals surface area contributed by atoms with Crippen molar-refractivity contribution in [3.05, 3.63) is 0 Å². The van der Waals surface area contributed by atoms with Crippen LogP contribution in [0.2, 0.25) is 0 Å². The number of ketones is 1. The van der Waals surface area contributed by atoms with Gasteiger partial charge >= 0.3 is 0 Å². The van der Waals surface area contributed by atoms with Gasteiger partial charge in [-0.3, -0.25) is 9.59 Å². The van der Waals surface area contributed by atoms with Crippen molar-refractivity contribution in [2.45, 2.75) is 51.0 Å². The maximum Gasteiger partial charge on any atom is 0.222 e. The van der Waals surface area contributed by atoms with Gasteiger partial charge in [-0.2, -0.15) is 0 Å². The van der Waals surface area contributed by atoms with Crippen molar-refractivity contribution in [3.8, 4) is 0 Å². The van der Waals surface area contributed by atoms with Gasteiger partial charge in [0.05, 0.1) is 0 Å². The molecule has 0 radical (unpaired) electrons. The topological polar surface area (TPSA) is 37.4 Å². The van der Waals surface area contributed by atoms with Gasteiger partial charge in [-0.1, -0.05) is 0 Å². The van der Waals surface area contributed by atoms with Gasteiger partial charge in [0.15, 0.2) is 0 Å². The fraction of sp³-hybridized carbons (Fsp3) is 0.818. The fourth-order valence-electron chi connectivity index (χ4n) is 2.45. The average Bonchev–Trinajstić information content (AvgIpc) is 2.20. The van der Waals surface area contributed by atoms with Crippen molar-refractivity contribution in [3.63, 3.8) is 0 Å². The molecule has 1 amide bonds. The number of amides is 1. The summed E-state index contributed by atoms with van der Waals surface area (Å²) in [5, 5.41) is 0. The third kappa shape index (κ3) is 1.97. The van der Waals surface area contributed by atoms with Crippen molar-refractivity contribution < 1.29 is 9.59 Å². The molecule has 14 heavy (non-hydrogen) atoms. The van der Waals surface area contributed by atoms with E-state index in [1.807, 2.05) is 4.90 Å². The highest BCUT2D eigenvalue weighted by Gasteiger charge is 2.28. The Labute approximate surface area is 84.5 Å². The highest BCUT2D eigenvalue weighted by atomic mass is 16.2. The second-order valence-electron chi connectivity index (χ2n) is 4.31. The lowest BCUT2D eigenvalue weighted by Gasteiger charge is -2.36. The smallest absolute Gasteiger partial charge is 0.222 e. The fourth-order valence-corrected chi connectivity index (χ4v) is 2.45. The summed E-state index contributed by atoms with van der Waals surface area (Å²) in [6.45, 7) is 0.914. The summed E-state index contributed by atoms with van der Waals surface area (Å²) in [6.07, 6.45) is 6.03. The van der Waals surface area contributed by atoms with Crippen LogP contribution in [0.15, 0.2) is 0 Å². The molecular weight excluding hydrogens is 178 g/mol. The number of rotatable bonds is 1. The molecule has 0 unspecified atom stereocenters. The molecule has 1 heterocycles. The van der Waals surface area contributed by atoms with E-state index >= 15 is 0 Å². The van der Waals surface area contributed by atoms with Crippen LogP contribution in [-0.4, -0.2) is 29.2 Å². The number of carbonyl (C=O) groups is 2. The molecule has 1 saturated carbocycles. The van der Waals surface area contributed by atoms with E-state index in [-0.39, 0.29) is 0 Å². The SMILES string of the molecule is O=C1CCC(N2CCCCC2=O)CC1. The Morgan fingerprint density at radius 1 is 1.00 bits per heavy atom. The highest BCUT2D eigenvalue weighted by molar-refractivity contribution is 5.80. The van der Waals surface area contributed by atoms with Gasteiger partial charge in [0.2, 0.25) is 5.91 Å². The van der Waals surface area contributed by atoms with Gasteiger partial charge in [-0.05, 0) is 25.7 Å². The summed E-state index contributed by atoms with van der Waals surface area (Å²) in [7, 11) is 0. The minimum atomic E-state index is 0.301. The lowest BCUT2D eigenvalue weighted by molar-refractivity contribution is -0.138. The molecule has 2 rings (SSSR count). The molecule has 0 atom stereocenters. The number of hydrogen-bond acceptors (Lipinski definition) is 2. The molecule has 0 bridgehead atoms. The Hall–Kier alpha value is -0.860. The van der Waals surface area contributed by atoms with Crippen LogP contribution in [0.4, 0.5) is 0 Å². The van der Waals surface area contributed by atoms with Gasteiger partial charge in [-0.25, -0.2) is 0 Å². The average molecular weight is 195 g/mol. The number of piperidine rings is 1.